The average molecular weight is 442 g/mol. The zero-order chi connectivity index (χ0) is 20.1. The van der Waals surface area contributed by atoms with E-state index in [2.05, 4.69) is 47.2 Å². The molecule has 29 heavy (non-hydrogen) atoms. The maximum Gasteiger partial charge on any atom is 0.288 e. The number of aryl methyl sites for hydroxylation is 1. The standard InChI is InChI=1S/C21H25F2N3OS.ClH/c1-15-4-3-5-19(16(15)2)26-12-10-25(11-13-26)14-20(27)24-17-6-8-18(9-7-17)28-21(22)23;/h3-9,21H,10-14H2,1-2H3,(H,24,27);1H. The largest absolute Gasteiger partial charge is 0.369 e. The van der Waals surface area contributed by atoms with Gasteiger partial charge in [-0.25, -0.2) is 0 Å². The smallest absolute Gasteiger partial charge is 0.288 e. The molecule has 0 saturated carbocycles. The molecule has 0 bridgehead atoms. The van der Waals surface area contributed by atoms with Crippen LogP contribution in [-0.4, -0.2) is 49.3 Å². The Morgan fingerprint density at radius 2 is 1.72 bits per heavy atom. The van der Waals surface area contributed by atoms with Crippen molar-refractivity contribution in [2.24, 2.45) is 0 Å². The predicted molar refractivity (Wildman–Crippen MR) is 119 cm³/mol. The molecule has 0 radical (unpaired) electrons. The third-order valence-corrected chi connectivity index (χ3v) is 5.74. The van der Waals surface area contributed by atoms with Gasteiger partial charge in [0.25, 0.3) is 5.76 Å². The van der Waals surface area contributed by atoms with Gasteiger partial charge in [0.2, 0.25) is 5.91 Å². The van der Waals surface area contributed by atoms with Crippen LogP contribution >= 0.6 is 24.2 Å². The Kier molecular flexibility index (Phi) is 8.74. The molecule has 4 nitrogen and oxygen atoms in total. The highest BCUT2D eigenvalue weighted by Crippen LogP contribution is 2.26. The quantitative estimate of drug-likeness (QED) is 0.653. The normalized spacial score (nSPS) is 14.6. The molecular formula is C21H26ClF2N3OS. The number of nitrogens with zero attached hydrogens (tertiary/aromatic N) is 2. The molecule has 158 valence electrons. The third kappa shape index (κ3) is 6.59. The van der Waals surface area contributed by atoms with Crippen molar-refractivity contribution >= 4 is 41.5 Å². The second kappa shape index (κ2) is 10.8. The van der Waals surface area contributed by atoms with E-state index >= 15 is 0 Å². The number of hydrogen-bond acceptors (Lipinski definition) is 4. The maximum atomic E-state index is 12.4. The second-order valence-electron chi connectivity index (χ2n) is 6.93. The third-order valence-electron chi connectivity index (χ3n) is 5.02. The van der Waals surface area contributed by atoms with Crippen LogP contribution < -0.4 is 10.2 Å². The summed E-state index contributed by atoms with van der Waals surface area (Å²) >= 11 is 0.496. The number of benzene rings is 2. The minimum Gasteiger partial charge on any atom is -0.369 e. The van der Waals surface area contributed by atoms with Gasteiger partial charge in [-0.1, -0.05) is 23.9 Å². The van der Waals surface area contributed by atoms with Crippen molar-refractivity contribution in [1.29, 1.82) is 0 Å². The monoisotopic (exact) mass is 441 g/mol. The Bertz CT molecular complexity index is 812. The van der Waals surface area contributed by atoms with Gasteiger partial charge in [0, 0.05) is 42.4 Å². The molecule has 1 heterocycles. The first kappa shape index (κ1) is 23.4. The van der Waals surface area contributed by atoms with Gasteiger partial charge >= 0.3 is 0 Å². The van der Waals surface area contributed by atoms with Gasteiger partial charge in [-0.15, -0.1) is 12.4 Å². The summed E-state index contributed by atoms with van der Waals surface area (Å²) in [5, 5.41) is 2.84. The van der Waals surface area contributed by atoms with Crippen LogP contribution in [0, 0.1) is 13.8 Å². The Morgan fingerprint density at radius 3 is 2.34 bits per heavy atom. The summed E-state index contributed by atoms with van der Waals surface area (Å²) in [7, 11) is 0. The minimum absolute atomic E-state index is 0. The molecule has 1 N–H and O–H groups in total. The summed E-state index contributed by atoms with van der Waals surface area (Å²) in [6.45, 7) is 8.02. The van der Waals surface area contributed by atoms with Gasteiger partial charge in [-0.05, 0) is 55.3 Å². The number of halogens is 3. The predicted octanol–water partition coefficient (Wildman–Crippen LogP) is 4.80. The lowest BCUT2D eigenvalue weighted by atomic mass is 10.1. The van der Waals surface area contributed by atoms with E-state index in [-0.39, 0.29) is 18.3 Å². The minimum atomic E-state index is -2.44. The Morgan fingerprint density at radius 1 is 1.07 bits per heavy atom. The highest BCUT2D eigenvalue weighted by Gasteiger charge is 2.20. The van der Waals surface area contributed by atoms with Crippen molar-refractivity contribution in [3.63, 3.8) is 0 Å². The number of alkyl halides is 2. The summed E-state index contributed by atoms with van der Waals surface area (Å²) < 4.78 is 24.7. The summed E-state index contributed by atoms with van der Waals surface area (Å²) in [6.07, 6.45) is 0. The van der Waals surface area contributed by atoms with Crippen LogP contribution in [0.3, 0.4) is 0 Å². The van der Waals surface area contributed by atoms with Crippen LogP contribution in [0.1, 0.15) is 11.1 Å². The summed E-state index contributed by atoms with van der Waals surface area (Å²) in [5.74, 6) is -2.53. The van der Waals surface area contributed by atoms with Crippen LogP contribution in [0.5, 0.6) is 0 Å². The summed E-state index contributed by atoms with van der Waals surface area (Å²) in [5.41, 5.74) is 4.49. The zero-order valence-electron chi connectivity index (χ0n) is 16.5. The molecule has 0 aliphatic carbocycles. The van der Waals surface area contributed by atoms with Gasteiger partial charge in [0.15, 0.2) is 0 Å². The molecular weight excluding hydrogens is 416 g/mol. The van der Waals surface area contributed by atoms with E-state index in [4.69, 9.17) is 0 Å². The first-order valence-corrected chi connectivity index (χ1v) is 10.2. The summed E-state index contributed by atoms with van der Waals surface area (Å²) in [6, 6.07) is 12.9. The van der Waals surface area contributed by atoms with E-state index in [1.807, 2.05) is 0 Å². The van der Waals surface area contributed by atoms with Gasteiger partial charge in [-0.2, -0.15) is 8.78 Å². The molecule has 8 heteroatoms. The van der Waals surface area contributed by atoms with Crippen molar-refractivity contribution in [3.8, 4) is 0 Å². The first-order chi connectivity index (χ1) is 13.4. The fourth-order valence-corrected chi connectivity index (χ4v) is 3.85. The van der Waals surface area contributed by atoms with Crippen molar-refractivity contribution in [2.45, 2.75) is 24.5 Å². The van der Waals surface area contributed by atoms with Gasteiger partial charge in [0.05, 0.1) is 6.54 Å². The van der Waals surface area contributed by atoms with Crippen molar-refractivity contribution in [1.82, 2.24) is 4.90 Å². The molecule has 1 saturated heterocycles. The lowest BCUT2D eigenvalue weighted by Crippen LogP contribution is -2.48. The molecule has 2 aromatic rings. The van der Waals surface area contributed by atoms with Crippen molar-refractivity contribution < 1.29 is 13.6 Å². The van der Waals surface area contributed by atoms with Crippen molar-refractivity contribution in [2.75, 3.05) is 42.9 Å². The molecule has 2 aromatic carbocycles. The highest BCUT2D eigenvalue weighted by molar-refractivity contribution is 7.99. The molecule has 1 aliphatic rings. The Balaban J connectivity index is 0.00000300. The van der Waals surface area contributed by atoms with Gasteiger partial charge in [-0.3, -0.25) is 9.69 Å². The average Bonchev–Trinajstić information content (AvgIpc) is 2.66. The van der Waals surface area contributed by atoms with Crippen molar-refractivity contribution in [3.05, 3.63) is 53.6 Å². The lowest BCUT2D eigenvalue weighted by molar-refractivity contribution is -0.117. The number of nitrogens with one attached hydrogen (secondary N) is 1. The fourth-order valence-electron chi connectivity index (χ4n) is 3.35. The summed E-state index contributed by atoms with van der Waals surface area (Å²) in [4.78, 5) is 17.3. The van der Waals surface area contributed by atoms with E-state index in [0.29, 0.717) is 28.9 Å². The number of anilines is 2. The molecule has 1 fully saturated rings. The maximum absolute atomic E-state index is 12.4. The van der Waals surface area contributed by atoms with Crippen LogP contribution in [0.25, 0.3) is 0 Å². The molecule has 0 spiro atoms. The molecule has 1 aliphatic heterocycles. The fraction of sp³-hybridized carbons (Fsp3) is 0.381. The Labute approximate surface area is 181 Å². The molecule has 0 atom stereocenters. The van der Waals surface area contributed by atoms with E-state index in [1.165, 1.54) is 16.8 Å². The highest BCUT2D eigenvalue weighted by atomic mass is 35.5. The topological polar surface area (TPSA) is 35.6 Å². The number of carbonyl (C=O) groups is 1. The van der Waals surface area contributed by atoms with Gasteiger partial charge < -0.3 is 10.2 Å². The number of rotatable bonds is 6. The van der Waals surface area contributed by atoms with Crippen LogP contribution in [0.15, 0.2) is 47.4 Å². The lowest BCUT2D eigenvalue weighted by Gasteiger charge is -2.36. The zero-order valence-corrected chi connectivity index (χ0v) is 18.2. The number of hydrogen-bond donors (Lipinski definition) is 1. The van der Waals surface area contributed by atoms with E-state index in [0.717, 1.165) is 26.2 Å². The van der Waals surface area contributed by atoms with Gasteiger partial charge in [0.1, 0.15) is 0 Å². The van der Waals surface area contributed by atoms with E-state index < -0.39 is 5.76 Å². The number of carbonyl (C=O) groups excluding carboxylic acids is 1. The molecule has 0 aromatic heterocycles. The first-order valence-electron chi connectivity index (χ1n) is 9.30. The molecule has 0 unspecified atom stereocenters. The second-order valence-corrected chi connectivity index (χ2v) is 8.00. The molecule has 3 rings (SSSR count). The van der Waals surface area contributed by atoms with Crippen LogP contribution in [-0.2, 0) is 4.79 Å². The Hall–Kier alpha value is -1.83. The van der Waals surface area contributed by atoms with E-state index in [9.17, 15) is 13.6 Å². The van der Waals surface area contributed by atoms with Crippen LogP contribution in [0.2, 0.25) is 0 Å². The number of amides is 1. The number of thioether (sulfide) groups is 1. The molecule has 1 amide bonds. The van der Waals surface area contributed by atoms with E-state index in [1.54, 1.807) is 24.3 Å². The SMILES string of the molecule is Cc1cccc(N2CCN(CC(=O)Nc3ccc(SC(F)F)cc3)CC2)c1C.Cl. The van der Waals surface area contributed by atoms with Crippen LogP contribution in [0.4, 0.5) is 20.2 Å². The number of piperazine rings is 1.